The predicted molar refractivity (Wildman–Crippen MR) is 108 cm³/mol. The molecule has 0 aliphatic rings. The minimum absolute atomic E-state index is 0.987. The Labute approximate surface area is 148 Å². The van der Waals surface area contributed by atoms with Gasteiger partial charge in [0.25, 0.3) is 0 Å². The molecule has 0 unspecified atom stereocenters. The molecule has 3 heterocycles. The molecule has 3 aromatic heterocycles. The van der Waals surface area contributed by atoms with Crippen LogP contribution >= 0.6 is 11.3 Å². The smallest absolute Gasteiger partial charge is 0.135 e. The molecule has 2 heteroatoms. The number of aryl methyl sites for hydroxylation is 1. The fourth-order valence-electron chi connectivity index (χ4n) is 3.84. The van der Waals surface area contributed by atoms with E-state index in [1.54, 1.807) is 0 Å². The van der Waals surface area contributed by atoms with Crippen molar-refractivity contribution in [1.29, 1.82) is 0 Å². The molecule has 0 atom stereocenters. The summed E-state index contributed by atoms with van der Waals surface area (Å²) in [6.07, 6.45) is 0. The van der Waals surface area contributed by atoms with Gasteiger partial charge in [-0.25, -0.2) is 0 Å². The van der Waals surface area contributed by atoms with Gasteiger partial charge in [0.15, 0.2) is 0 Å². The van der Waals surface area contributed by atoms with E-state index in [0.717, 1.165) is 11.2 Å². The van der Waals surface area contributed by atoms with Gasteiger partial charge in [0.2, 0.25) is 0 Å². The number of hydrogen-bond donors (Lipinski definition) is 0. The largest absolute Gasteiger partial charge is 0.456 e. The molecule has 3 aromatic carbocycles. The van der Waals surface area contributed by atoms with Crippen LogP contribution in [0.2, 0.25) is 0 Å². The lowest BCUT2D eigenvalue weighted by Crippen LogP contribution is -1.78. The third-order valence-corrected chi connectivity index (χ3v) is 6.34. The van der Waals surface area contributed by atoms with Gasteiger partial charge in [-0.05, 0) is 42.3 Å². The topological polar surface area (TPSA) is 13.1 Å². The Morgan fingerprint density at radius 1 is 0.720 bits per heavy atom. The summed E-state index contributed by atoms with van der Waals surface area (Å²) in [5.41, 5.74) is 5.87. The molecule has 1 nitrogen and oxygen atoms in total. The highest BCUT2D eigenvalue weighted by atomic mass is 32.1. The third kappa shape index (κ3) is 1.77. The summed E-state index contributed by atoms with van der Waals surface area (Å²) in [6.45, 7) is 2.13. The molecule has 0 spiro atoms. The normalized spacial score (nSPS) is 12.2. The summed E-state index contributed by atoms with van der Waals surface area (Å²) >= 11 is 1.88. The van der Waals surface area contributed by atoms with E-state index in [1.165, 1.54) is 47.6 Å². The van der Waals surface area contributed by atoms with Crippen molar-refractivity contribution in [2.24, 2.45) is 0 Å². The first kappa shape index (κ1) is 13.5. The third-order valence-electron chi connectivity index (χ3n) is 5.14. The zero-order valence-corrected chi connectivity index (χ0v) is 14.5. The SMILES string of the molecule is Cc1ccc(-c2cccc3c2sc2cc4c5ccc(o5)c4cc23)cc1. The summed E-state index contributed by atoms with van der Waals surface area (Å²) < 4.78 is 8.51. The second-order valence-corrected chi connectivity index (χ2v) is 7.76. The molecular weight excluding hydrogens is 324 g/mol. The Hall–Kier alpha value is -2.84. The lowest BCUT2D eigenvalue weighted by molar-refractivity contribution is 0.679. The van der Waals surface area contributed by atoms with E-state index in [2.05, 4.69) is 73.7 Å². The molecule has 0 radical (unpaired) electrons. The van der Waals surface area contributed by atoms with Crippen molar-refractivity contribution in [1.82, 2.24) is 0 Å². The Bertz CT molecular complexity index is 1380. The van der Waals surface area contributed by atoms with E-state index in [-0.39, 0.29) is 0 Å². The van der Waals surface area contributed by atoms with Crippen molar-refractivity contribution in [3.63, 3.8) is 0 Å². The van der Waals surface area contributed by atoms with E-state index in [9.17, 15) is 0 Å². The molecule has 0 aliphatic heterocycles. The van der Waals surface area contributed by atoms with Crippen molar-refractivity contribution < 1.29 is 4.42 Å². The summed E-state index contributed by atoms with van der Waals surface area (Å²) in [5, 5.41) is 5.11. The Morgan fingerprint density at radius 3 is 2.28 bits per heavy atom. The number of fused-ring (bicyclic) bond motifs is 8. The van der Waals surface area contributed by atoms with Crippen LogP contribution in [0.3, 0.4) is 0 Å². The van der Waals surface area contributed by atoms with Gasteiger partial charge in [0, 0.05) is 30.9 Å². The van der Waals surface area contributed by atoms with E-state index in [4.69, 9.17) is 4.42 Å². The van der Waals surface area contributed by atoms with Crippen LogP contribution in [-0.4, -0.2) is 0 Å². The highest BCUT2D eigenvalue weighted by Crippen LogP contribution is 2.43. The maximum atomic E-state index is 5.83. The summed E-state index contributed by atoms with van der Waals surface area (Å²) in [7, 11) is 0. The quantitative estimate of drug-likeness (QED) is 0.305. The zero-order valence-electron chi connectivity index (χ0n) is 13.7. The molecule has 25 heavy (non-hydrogen) atoms. The van der Waals surface area contributed by atoms with Crippen LogP contribution in [0.15, 0.2) is 71.1 Å². The summed E-state index contributed by atoms with van der Waals surface area (Å²) in [5.74, 6) is 0. The molecule has 0 fully saturated rings. The van der Waals surface area contributed by atoms with Crippen LogP contribution in [0.5, 0.6) is 0 Å². The lowest BCUT2D eigenvalue weighted by Gasteiger charge is -2.04. The second-order valence-electron chi connectivity index (χ2n) is 6.71. The second kappa shape index (κ2) is 4.62. The maximum absolute atomic E-state index is 5.83. The van der Waals surface area contributed by atoms with Crippen molar-refractivity contribution in [2.75, 3.05) is 0 Å². The molecular formula is C23H14OS. The number of thiophene rings is 1. The van der Waals surface area contributed by atoms with Crippen LogP contribution in [-0.2, 0) is 0 Å². The average Bonchev–Trinajstić information content (AvgIpc) is 3.33. The summed E-state index contributed by atoms with van der Waals surface area (Å²) in [6, 6.07) is 24.2. The molecule has 2 bridgehead atoms. The van der Waals surface area contributed by atoms with Crippen molar-refractivity contribution in [2.45, 2.75) is 6.92 Å². The minimum Gasteiger partial charge on any atom is -0.456 e. The van der Waals surface area contributed by atoms with Crippen LogP contribution in [0.4, 0.5) is 0 Å². The fourth-order valence-corrected chi connectivity index (χ4v) is 5.10. The molecule has 0 saturated carbocycles. The Kier molecular flexibility index (Phi) is 2.48. The standard InChI is InChI=1S/C23H14OS/c1-13-5-7-14(8-6-13)15-3-2-4-16-19-11-17-18(12-22(19)25-23(15)16)21-10-9-20(17)24-21/h2-12H,1H3. The highest BCUT2D eigenvalue weighted by molar-refractivity contribution is 7.26. The van der Waals surface area contributed by atoms with Gasteiger partial charge in [-0.15, -0.1) is 11.3 Å². The highest BCUT2D eigenvalue weighted by Gasteiger charge is 2.15. The fraction of sp³-hybridized carbons (Fsp3) is 0.0435. The molecule has 0 amide bonds. The Balaban J connectivity index is 1.72. The zero-order chi connectivity index (χ0) is 16.5. The molecule has 0 N–H and O–H groups in total. The maximum Gasteiger partial charge on any atom is 0.135 e. The average molecular weight is 338 g/mol. The lowest BCUT2D eigenvalue weighted by atomic mass is 10.0. The summed E-state index contributed by atoms with van der Waals surface area (Å²) in [4.78, 5) is 0. The van der Waals surface area contributed by atoms with Gasteiger partial charge < -0.3 is 4.42 Å². The van der Waals surface area contributed by atoms with E-state index >= 15 is 0 Å². The monoisotopic (exact) mass is 338 g/mol. The first-order valence-electron chi connectivity index (χ1n) is 8.45. The first-order valence-corrected chi connectivity index (χ1v) is 9.26. The van der Waals surface area contributed by atoms with Gasteiger partial charge in [-0.2, -0.15) is 0 Å². The van der Waals surface area contributed by atoms with Gasteiger partial charge in [0.05, 0.1) is 0 Å². The van der Waals surface area contributed by atoms with Crippen LogP contribution < -0.4 is 0 Å². The number of rotatable bonds is 1. The molecule has 0 saturated heterocycles. The van der Waals surface area contributed by atoms with Crippen molar-refractivity contribution >= 4 is 53.4 Å². The van der Waals surface area contributed by atoms with Gasteiger partial charge >= 0.3 is 0 Å². The van der Waals surface area contributed by atoms with Gasteiger partial charge in [-0.3, -0.25) is 0 Å². The molecule has 118 valence electrons. The number of hydrogen-bond acceptors (Lipinski definition) is 2. The van der Waals surface area contributed by atoms with Gasteiger partial charge in [-0.1, -0.05) is 48.0 Å². The van der Waals surface area contributed by atoms with E-state index < -0.39 is 0 Å². The van der Waals surface area contributed by atoms with E-state index in [1.807, 2.05) is 11.3 Å². The number of furan rings is 2. The van der Waals surface area contributed by atoms with Crippen LogP contribution in [0.1, 0.15) is 5.56 Å². The van der Waals surface area contributed by atoms with E-state index in [0.29, 0.717) is 0 Å². The Morgan fingerprint density at radius 2 is 1.48 bits per heavy atom. The minimum atomic E-state index is 0.987. The molecule has 6 aromatic rings. The molecule has 6 rings (SSSR count). The first-order chi connectivity index (χ1) is 12.3. The molecule has 0 aliphatic carbocycles. The number of benzene rings is 4. The van der Waals surface area contributed by atoms with Crippen LogP contribution in [0.25, 0.3) is 53.2 Å². The predicted octanol–water partition coefficient (Wildman–Crippen LogP) is 7.37. The van der Waals surface area contributed by atoms with Gasteiger partial charge in [0.1, 0.15) is 11.2 Å². The van der Waals surface area contributed by atoms with Crippen molar-refractivity contribution in [3.05, 3.63) is 72.3 Å². The van der Waals surface area contributed by atoms with Crippen LogP contribution in [0, 0.1) is 6.92 Å². The van der Waals surface area contributed by atoms with Crippen molar-refractivity contribution in [3.8, 4) is 11.1 Å².